The molecule has 1 fully saturated rings. The molecule has 0 aliphatic carbocycles. The van der Waals surface area contributed by atoms with E-state index in [1.54, 1.807) is 0 Å². The molecule has 1 heterocycles. The lowest BCUT2D eigenvalue weighted by molar-refractivity contribution is -0.0197. The van der Waals surface area contributed by atoms with Gasteiger partial charge in [0.2, 0.25) is 5.92 Å². The summed E-state index contributed by atoms with van der Waals surface area (Å²) in [5.41, 5.74) is 0. The van der Waals surface area contributed by atoms with Crippen molar-refractivity contribution in [3.05, 3.63) is 0 Å². The molecule has 1 unspecified atom stereocenters. The fraction of sp³-hybridized carbons (Fsp3) is 1.00. The van der Waals surface area contributed by atoms with Gasteiger partial charge < -0.3 is 5.32 Å². The van der Waals surface area contributed by atoms with Crippen LogP contribution < -0.4 is 5.32 Å². The van der Waals surface area contributed by atoms with Gasteiger partial charge in [-0.1, -0.05) is 6.92 Å². The molecule has 1 aliphatic rings. The van der Waals surface area contributed by atoms with E-state index in [-0.39, 0.29) is 18.8 Å². The van der Waals surface area contributed by atoms with E-state index in [9.17, 15) is 8.78 Å². The Morgan fingerprint density at radius 1 is 1.50 bits per heavy atom. The second-order valence-electron chi connectivity index (χ2n) is 3.12. The third kappa shape index (κ3) is 2.21. The van der Waals surface area contributed by atoms with Crippen molar-refractivity contribution in [1.82, 2.24) is 5.32 Å². The summed E-state index contributed by atoms with van der Waals surface area (Å²) in [7, 11) is 0. The van der Waals surface area contributed by atoms with Gasteiger partial charge in [-0.25, -0.2) is 8.78 Å². The molecule has 10 heavy (non-hydrogen) atoms. The van der Waals surface area contributed by atoms with Crippen LogP contribution in [0, 0.1) is 5.92 Å². The van der Waals surface area contributed by atoms with Crippen molar-refractivity contribution in [2.45, 2.75) is 25.7 Å². The molecule has 0 radical (unpaired) electrons. The first kappa shape index (κ1) is 7.92. The number of nitrogens with one attached hydrogen (secondary N) is 1. The normalized spacial score (nSPS) is 33.3. The van der Waals surface area contributed by atoms with Gasteiger partial charge in [-0.15, -0.1) is 0 Å². The Morgan fingerprint density at radius 3 is 2.90 bits per heavy atom. The Balaban J connectivity index is 2.46. The fourth-order valence-corrected chi connectivity index (χ4v) is 1.30. The van der Waals surface area contributed by atoms with Crippen molar-refractivity contribution in [2.75, 3.05) is 13.1 Å². The van der Waals surface area contributed by atoms with Crippen molar-refractivity contribution in [1.29, 1.82) is 0 Å². The third-order valence-corrected chi connectivity index (χ3v) is 1.81. The summed E-state index contributed by atoms with van der Waals surface area (Å²) in [6.07, 6.45) is 0.0390. The highest BCUT2D eigenvalue weighted by atomic mass is 19.3. The summed E-state index contributed by atoms with van der Waals surface area (Å²) in [5, 5.41) is 2.97. The molecule has 0 aromatic carbocycles. The van der Waals surface area contributed by atoms with Gasteiger partial charge in [-0.2, -0.15) is 0 Å². The Bertz CT molecular complexity index is 114. The monoisotopic (exact) mass is 149 g/mol. The molecule has 0 bridgehead atoms. The highest BCUT2D eigenvalue weighted by Crippen LogP contribution is 2.27. The molecule has 1 atom stereocenters. The molecular formula is C7H13F2N. The molecule has 60 valence electrons. The molecule has 3 heteroatoms. The SMILES string of the molecule is CC1CNCCC(F)(F)C1. The van der Waals surface area contributed by atoms with E-state index >= 15 is 0 Å². The number of hydrogen-bond acceptors (Lipinski definition) is 1. The molecular weight excluding hydrogens is 136 g/mol. The van der Waals surface area contributed by atoms with Crippen molar-refractivity contribution in [3.63, 3.8) is 0 Å². The van der Waals surface area contributed by atoms with Crippen LogP contribution in [-0.2, 0) is 0 Å². The fourth-order valence-electron chi connectivity index (χ4n) is 1.30. The summed E-state index contributed by atoms with van der Waals surface area (Å²) in [6.45, 7) is 3.04. The summed E-state index contributed by atoms with van der Waals surface area (Å²) >= 11 is 0. The zero-order chi connectivity index (χ0) is 7.61. The van der Waals surface area contributed by atoms with Gasteiger partial charge in [-0.3, -0.25) is 0 Å². The second-order valence-corrected chi connectivity index (χ2v) is 3.12. The maximum Gasteiger partial charge on any atom is 0.249 e. The van der Waals surface area contributed by atoms with Gasteiger partial charge in [0.25, 0.3) is 0 Å². The first-order valence-electron chi connectivity index (χ1n) is 3.69. The number of hydrogen-bond donors (Lipinski definition) is 1. The topological polar surface area (TPSA) is 12.0 Å². The molecule has 1 aliphatic heterocycles. The maximum atomic E-state index is 12.7. The van der Waals surface area contributed by atoms with Crippen LogP contribution in [-0.4, -0.2) is 19.0 Å². The van der Waals surface area contributed by atoms with Gasteiger partial charge in [0, 0.05) is 19.4 Å². The minimum Gasteiger partial charge on any atom is -0.316 e. The zero-order valence-electron chi connectivity index (χ0n) is 6.16. The average Bonchev–Trinajstić information content (AvgIpc) is 1.90. The van der Waals surface area contributed by atoms with E-state index < -0.39 is 5.92 Å². The lowest BCUT2D eigenvalue weighted by Gasteiger charge is -2.14. The summed E-state index contributed by atoms with van der Waals surface area (Å²) in [6, 6.07) is 0. The van der Waals surface area contributed by atoms with Gasteiger partial charge in [0.1, 0.15) is 0 Å². The third-order valence-electron chi connectivity index (χ3n) is 1.81. The molecule has 0 amide bonds. The maximum absolute atomic E-state index is 12.7. The highest BCUT2D eigenvalue weighted by Gasteiger charge is 2.32. The van der Waals surface area contributed by atoms with Gasteiger partial charge >= 0.3 is 0 Å². The van der Waals surface area contributed by atoms with E-state index in [4.69, 9.17) is 0 Å². The van der Waals surface area contributed by atoms with Gasteiger partial charge in [0.05, 0.1) is 0 Å². The molecule has 0 spiro atoms. The first-order chi connectivity index (χ1) is 4.60. The molecule has 1 N–H and O–H groups in total. The Hall–Kier alpha value is -0.180. The number of alkyl halides is 2. The first-order valence-corrected chi connectivity index (χ1v) is 3.69. The summed E-state index contributed by atoms with van der Waals surface area (Å²) < 4.78 is 25.3. The van der Waals surface area contributed by atoms with Crippen LogP contribution in [0.4, 0.5) is 8.78 Å². The minimum absolute atomic E-state index is 0.00264. The quantitative estimate of drug-likeness (QED) is 0.552. The Labute approximate surface area is 59.8 Å². The van der Waals surface area contributed by atoms with Crippen LogP contribution in [0.1, 0.15) is 19.8 Å². The predicted octanol–water partition coefficient (Wildman–Crippen LogP) is 1.64. The summed E-state index contributed by atoms with van der Waals surface area (Å²) in [4.78, 5) is 0. The second kappa shape index (κ2) is 2.82. The van der Waals surface area contributed by atoms with E-state index in [0.29, 0.717) is 6.54 Å². The van der Waals surface area contributed by atoms with Gasteiger partial charge in [-0.05, 0) is 12.5 Å². The molecule has 1 nitrogen and oxygen atoms in total. The molecule has 0 saturated carbocycles. The lowest BCUT2D eigenvalue weighted by Crippen LogP contribution is -2.18. The van der Waals surface area contributed by atoms with E-state index in [1.807, 2.05) is 6.92 Å². The van der Waals surface area contributed by atoms with Crippen LogP contribution in [0.15, 0.2) is 0 Å². The van der Waals surface area contributed by atoms with E-state index in [0.717, 1.165) is 6.54 Å². The highest BCUT2D eigenvalue weighted by molar-refractivity contribution is 4.76. The van der Waals surface area contributed by atoms with Crippen LogP contribution in [0.5, 0.6) is 0 Å². The molecule has 0 aromatic heterocycles. The molecule has 1 rings (SSSR count). The van der Waals surface area contributed by atoms with Crippen molar-refractivity contribution < 1.29 is 8.78 Å². The standard InChI is InChI=1S/C7H13F2N/c1-6-4-7(8,9)2-3-10-5-6/h6,10H,2-5H2,1H3. The zero-order valence-corrected chi connectivity index (χ0v) is 6.16. The van der Waals surface area contributed by atoms with Crippen LogP contribution in [0.25, 0.3) is 0 Å². The average molecular weight is 149 g/mol. The van der Waals surface area contributed by atoms with Crippen LogP contribution >= 0.6 is 0 Å². The minimum atomic E-state index is -2.43. The number of halogens is 2. The largest absolute Gasteiger partial charge is 0.316 e. The van der Waals surface area contributed by atoms with Crippen molar-refractivity contribution in [2.24, 2.45) is 5.92 Å². The van der Waals surface area contributed by atoms with Crippen molar-refractivity contribution >= 4 is 0 Å². The van der Waals surface area contributed by atoms with Crippen LogP contribution in [0.2, 0.25) is 0 Å². The van der Waals surface area contributed by atoms with E-state index in [2.05, 4.69) is 5.32 Å². The lowest BCUT2D eigenvalue weighted by atomic mass is 10.0. The van der Waals surface area contributed by atoms with Gasteiger partial charge in [0.15, 0.2) is 0 Å². The summed E-state index contributed by atoms with van der Waals surface area (Å²) in [5.74, 6) is -2.32. The van der Waals surface area contributed by atoms with Crippen LogP contribution in [0.3, 0.4) is 0 Å². The molecule has 0 aromatic rings. The Kier molecular flexibility index (Phi) is 2.24. The van der Waals surface area contributed by atoms with E-state index in [1.165, 1.54) is 0 Å². The smallest absolute Gasteiger partial charge is 0.249 e. The number of rotatable bonds is 0. The predicted molar refractivity (Wildman–Crippen MR) is 36.2 cm³/mol. The molecule has 1 saturated heterocycles. The van der Waals surface area contributed by atoms with Crippen molar-refractivity contribution in [3.8, 4) is 0 Å². The Morgan fingerprint density at radius 2 is 2.20 bits per heavy atom.